The second-order valence-electron chi connectivity index (χ2n) is 4.65. The molecule has 0 fully saturated rings. The quantitative estimate of drug-likeness (QED) is 0.658. The van der Waals surface area contributed by atoms with Gasteiger partial charge < -0.3 is 10.5 Å². The lowest BCUT2D eigenvalue weighted by Gasteiger charge is -2.10. The van der Waals surface area contributed by atoms with Crippen LogP contribution < -0.4 is 10.5 Å². The summed E-state index contributed by atoms with van der Waals surface area (Å²) < 4.78 is 5.77. The standard InChI is InChI=1S/C18H14ClNO/c19-16-7-4-8-17(20)18(16)21-15-11-9-14(10-12-15)13-5-2-1-3-6-13/h1-12H,20H2. The summed E-state index contributed by atoms with van der Waals surface area (Å²) in [5, 5.41) is 0.502. The number of halogens is 1. The maximum Gasteiger partial charge on any atom is 0.168 e. The van der Waals surface area contributed by atoms with E-state index in [-0.39, 0.29) is 0 Å². The van der Waals surface area contributed by atoms with E-state index in [2.05, 4.69) is 12.1 Å². The van der Waals surface area contributed by atoms with E-state index in [1.54, 1.807) is 18.2 Å². The highest BCUT2D eigenvalue weighted by Gasteiger charge is 2.07. The molecule has 0 aromatic heterocycles. The molecule has 0 saturated heterocycles. The fourth-order valence-electron chi connectivity index (χ4n) is 2.10. The predicted molar refractivity (Wildman–Crippen MR) is 87.8 cm³/mol. The lowest BCUT2D eigenvalue weighted by atomic mass is 10.1. The predicted octanol–water partition coefficient (Wildman–Crippen LogP) is 5.38. The Balaban J connectivity index is 1.85. The maximum atomic E-state index is 6.10. The van der Waals surface area contributed by atoms with Crippen molar-refractivity contribution < 1.29 is 4.74 Å². The van der Waals surface area contributed by atoms with E-state index in [9.17, 15) is 0 Å². The number of para-hydroxylation sites is 1. The smallest absolute Gasteiger partial charge is 0.168 e. The number of hydrogen-bond acceptors (Lipinski definition) is 2. The van der Waals surface area contributed by atoms with Gasteiger partial charge in [0.25, 0.3) is 0 Å². The van der Waals surface area contributed by atoms with Crippen LogP contribution in [0.15, 0.2) is 72.8 Å². The van der Waals surface area contributed by atoms with Crippen molar-refractivity contribution in [3.8, 4) is 22.6 Å². The molecule has 0 aliphatic rings. The normalized spacial score (nSPS) is 10.3. The summed E-state index contributed by atoms with van der Waals surface area (Å²) in [7, 11) is 0. The van der Waals surface area contributed by atoms with Gasteiger partial charge in [-0.2, -0.15) is 0 Å². The zero-order valence-corrected chi connectivity index (χ0v) is 12.0. The summed E-state index contributed by atoms with van der Waals surface area (Å²) in [4.78, 5) is 0. The van der Waals surface area contributed by atoms with Gasteiger partial charge in [-0.15, -0.1) is 0 Å². The molecule has 0 aliphatic heterocycles. The van der Waals surface area contributed by atoms with E-state index in [0.29, 0.717) is 22.2 Å². The summed E-state index contributed by atoms with van der Waals surface area (Å²) in [5.74, 6) is 1.20. The van der Waals surface area contributed by atoms with Crippen LogP contribution in [0, 0.1) is 0 Å². The summed E-state index contributed by atoms with van der Waals surface area (Å²) in [6.45, 7) is 0. The Kier molecular flexibility index (Phi) is 3.80. The molecule has 0 unspecified atom stereocenters. The number of nitrogens with two attached hydrogens (primary N) is 1. The van der Waals surface area contributed by atoms with Crippen LogP contribution in [0.5, 0.6) is 11.5 Å². The average Bonchev–Trinajstić information content (AvgIpc) is 2.53. The fraction of sp³-hybridized carbons (Fsp3) is 0. The van der Waals surface area contributed by atoms with Crippen molar-refractivity contribution in [2.75, 3.05) is 5.73 Å². The molecule has 3 aromatic rings. The Hall–Kier alpha value is -2.45. The minimum Gasteiger partial charge on any atom is -0.454 e. The van der Waals surface area contributed by atoms with Gasteiger partial charge >= 0.3 is 0 Å². The molecule has 0 saturated carbocycles. The van der Waals surface area contributed by atoms with Gasteiger partial charge in [-0.05, 0) is 35.4 Å². The van der Waals surface area contributed by atoms with E-state index in [1.165, 1.54) is 5.56 Å². The van der Waals surface area contributed by atoms with Crippen molar-refractivity contribution in [3.63, 3.8) is 0 Å². The molecule has 0 aliphatic carbocycles. The van der Waals surface area contributed by atoms with Crippen LogP contribution in [-0.4, -0.2) is 0 Å². The first-order valence-corrected chi connectivity index (χ1v) is 6.99. The Labute approximate surface area is 128 Å². The summed E-state index contributed by atoms with van der Waals surface area (Å²) in [6, 6.07) is 23.3. The van der Waals surface area contributed by atoms with Gasteiger partial charge in [0.2, 0.25) is 0 Å². The van der Waals surface area contributed by atoms with Crippen LogP contribution >= 0.6 is 11.6 Å². The van der Waals surface area contributed by atoms with Gasteiger partial charge in [-0.25, -0.2) is 0 Å². The first-order chi connectivity index (χ1) is 10.2. The first-order valence-electron chi connectivity index (χ1n) is 6.61. The molecule has 0 spiro atoms. The van der Waals surface area contributed by atoms with E-state index in [1.807, 2.05) is 42.5 Å². The summed E-state index contributed by atoms with van der Waals surface area (Å²) >= 11 is 6.10. The maximum absolute atomic E-state index is 6.10. The van der Waals surface area contributed by atoms with Crippen LogP contribution in [0.3, 0.4) is 0 Å². The molecular formula is C18H14ClNO. The molecule has 3 aromatic carbocycles. The van der Waals surface area contributed by atoms with Crippen molar-refractivity contribution in [2.45, 2.75) is 0 Å². The second kappa shape index (κ2) is 5.90. The summed E-state index contributed by atoms with van der Waals surface area (Å²) in [5.41, 5.74) is 8.71. The van der Waals surface area contributed by atoms with Gasteiger partial charge in [0, 0.05) is 0 Å². The van der Waals surface area contributed by atoms with Gasteiger partial charge in [-0.3, -0.25) is 0 Å². The van der Waals surface area contributed by atoms with Crippen LogP contribution in [0.4, 0.5) is 5.69 Å². The molecule has 0 radical (unpaired) electrons. The Morgan fingerprint density at radius 1 is 0.714 bits per heavy atom. The van der Waals surface area contributed by atoms with E-state index in [0.717, 1.165) is 5.56 Å². The highest BCUT2D eigenvalue weighted by atomic mass is 35.5. The zero-order valence-electron chi connectivity index (χ0n) is 11.3. The molecule has 0 heterocycles. The summed E-state index contributed by atoms with van der Waals surface area (Å²) in [6.07, 6.45) is 0. The Morgan fingerprint density at radius 2 is 1.38 bits per heavy atom. The lowest BCUT2D eigenvalue weighted by molar-refractivity contribution is 0.485. The van der Waals surface area contributed by atoms with Crippen LogP contribution in [0.25, 0.3) is 11.1 Å². The van der Waals surface area contributed by atoms with Gasteiger partial charge in [-0.1, -0.05) is 60.1 Å². The van der Waals surface area contributed by atoms with E-state index < -0.39 is 0 Å². The highest BCUT2D eigenvalue weighted by Crippen LogP contribution is 2.35. The number of benzene rings is 3. The second-order valence-corrected chi connectivity index (χ2v) is 5.06. The van der Waals surface area contributed by atoms with Crippen molar-refractivity contribution in [2.24, 2.45) is 0 Å². The number of nitrogen functional groups attached to an aromatic ring is 1. The molecule has 3 rings (SSSR count). The topological polar surface area (TPSA) is 35.2 Å². The molecular weight excluding hydrogens is 282 g/mol. The number of ether oxygens (including phenoxy) is 1. The average molecular weight is 296 g/mol. The third-order valence-electron chi connectivity index (χ3n) is 3.18. The fourth-order valence-corrected chi connectivity index (χ4v) is 2.32. The molecule has 21 heavy (non-hydrogen) atoms. The Morgan fingerprint density at radius 3 is 2.05 bits per heavy atom. The largest absolute Gasteiger partial charge is 0.454 e. The minimum atomic E-state index is 0.492. The molecule has 3 heteroatoms. The molecule has 0 amide bonds. The van der Waals surface area contributed by atoms with E-state index >= 15 is 0 Å². The molecule has 104 valence electrons. The van der Waals surface area contributed by atoms with Crippen LogP contribution in [0.2, 0.25) is 5.02 Å². The third kappa shape index (κ3) is 3.01. The van der Waals surface area contributed by atoms with Crippen molar-refractivity contribution >= 4 is 17.3 Å². The van der Waals surface area contributed by atoms with Gasteiger partial charge in [0.15, 0.2) is 5.75 Å². The molecule has 2 N–H and O–H groups in total. The van der Waals surface area contributed by atoms with Gasteiger partial charge in [0.1, 0.15) is 5.75 Å². The third-order valence-corrected chi connectivity index (χ3v) is 3.48. The van der Waals surface area contributed by atoms with Crippen LogP contribution in [-0.2, 0) is 0 Å². The monoisotopic (exact) mass is 295 g/mol. The SMILES string of the molecule is Nc1cccc(Cl)c1Oc1ccc(-c2ccccc2)cc1. The highest BCUT2D eigenvalue weighted by molar-refractivity contribution is 6.32. The van der Waals surface area contributed by atoms with Crippen LogP contribution in [0.1, 0.15) is 0 Å². The van der Waals surface area contributed by atoms with Crippen molar-refractivity contribution in [3.05, 3.63) is 77.8 Å². The molecule has 0 atom stereocenters. The minimum absolute atomic E-state index is 0.492. The van der Waals surface area contributed by atoms with E-state index in [4.69, 9.17) is 22.1 Å². The van der Waals surface area contributed by atoms with Crippen molar-refractivity contribution in [1.82, 2.24) is 0 Å². The Bertz CT molecular complexity index is 719. The van der Waals surface area contributed by atoms with Crippen molar-refractivity contribution in [1.29, 1.82) is 0 Å². The number of hydrogen-bond donors (Lipinski definition) is 1. The number of anilines is 1. The molecule has 2 nitrogen and oxygen atoms in total. The lowest BCUT2D eigenvalue weighted by Crippen LogP contribution is -1.92. The molecule has 0 bridgehead atoms. The number of rotatable bonds is 3. The van der Waals surface area contributed by atoms with Gasteiger partial charge in [0.05, 0.1) is 10.7 Å². The first kappa shape index (κ1) is 13.5. The zero-order chi connectivity index (χ0) is 14.7.